The fourth-order valence-corrected chi connectivity index (χ4v) is 3.50. The Kier molecular flexibility index (Phi) is 4.47. The maximum atomic E-state index is 11.4. The van der Waals surface area contributed by atoms with Gasteiger partial charge in [0.05, 0.1) is 5.56 Å². The van der Waals surface area contributed by atoms with Gasteiger partial charge in [-0.05, 0) is 30.2 Å². The predicted molar refractivity (Wildman–Crippen MR) is 105 cm³/mol. The molecule has 0 saturated heterocycles. The first-order valence-electron chi connectivity index (χ1n) is 9.31. The molecule has 0 aromatic carbocycles. The lowest BCUT2D eigenvalue weighted by molar-refractivity contribution is 0.1000. The van der Waals surface area contributed by atoms with Crippen LogP contribution in [0.3, 0.4) is 0 Å². The SMILES string of the molecule is CC(C)c1nnc2c(CC(C)c3nnc4cc(C(N)=O)ccn34)cc(C#N)cn12. The second kappa shape index (κ2) is 6.98. The second-order valence-electron chi connectivity index (χ2n) is 7.44. The van der Waals surface area contributed by atoms with E-state index in [9.17, 15) is 10.1 Å². The lowest BCUT2D eigenvalue weighted by atomic mass is 10.00. The lowest BCUT2D eigenvalue weighted by Gasteiger charge is -2.12. The third kappa shape index (κ3) is 3.18. The van der Waals surface area contributed by atoms with Crippen molar-refractivity contribution < 1.29 is 4.79 Å². The van der Waals surface area contributed by atoms with Gasteiger partial charge in [0.1, 0.15) is 17.7 Å². The van der Waals surface area contributed by atoms with Gasteiger partial charge >= 0.3 is 0 Å². The summed E-state index contributed by atoms with van der Waals surface area (Å²) in [6, 6.07) is 7.33. The maximum absolute atomic E-state index is 11.4. The van der Waals surface area contributed by atoms with E-state index >= 15 is 0 Å². The topological polar surface area (TPSA) is 127 Å². The molecule has 1 amide bonds. The molecule has 4 heterocycles. The van der Waals surface area contributed by atoms with Crippen molar-refractivity contribution in [2.75, 3.05) is 0 Å². The van der Waals surface area contributed by atoms with Crippen LogP contribution < -0.4 is 5.73 Å². The highest BCUT2D eigenvalue weighted by Gasteiger charge is 2.19. The van der Waals surface area contributed by atoms with Crippen LogP contribution in [-0.4, -0.2) is 35.1 Å². The Bertz CT molecular complexity index is 1280. The third-order valence-corrected chi connectivity index (χ3v) is 4.94. The average Bonchev–Trinajstić information content (AvgIpc) is 3.31. The summed E-state index contributed by atoms with van der Waals surface area (Å²) < 4.78 is 3.73. The largest absolute Gasteiger partial charge is 0.366 e. The highest BCUT2D eigenvalue weighted by molar-refractivity contribution is 5.93. The van der Waals surface area contributed by atoms with Gasteiger partial charge in [-0.3, -0.25) is 13.6 Å². The van der Waals surface area contributed by atoms with Gasteiger partial charge in [-0.25, -0.2) is 0 Å². The van der Waals surface area contributed by atoms with E-state index in [0.717, 1.165) is 22.9 Å². The van der Waals surface area contributed by atoms with E-state index in [-0.39, 0.29) is 11.8 Å². The number of carbonyl (C=O) groups is 1. The van der Waals surface area contributed by atoms with Crippen LogP contribution in [0.25, 0.3) is 11.3 Å². The van der Waals surface area contributed by atoms with Crippen LogP contribution in [0.4, 0.5) is 0 Å². The van der Waals surface area contributed by atoms with Crippen LogP contribution in [0.1, 0.15) is 65.7 Å². The minimum absolute atomic E-state index is 0.0126. The summed E-state index contributed by atoms with van der Waals surface area (Å²) in [6.07, 6.45) is 4.13. The van der Waals surface area contributed by atoms with Crippen LogP contribution in [-0.2, 0) is 6.42 Å². The van der Waals surface area contributed by atoms with E-state index in [0.29, 0.717) is 23.2 Å². The summed E-state index contributed by atoms with van der Waals surface area (Å²) in [5.41, 5.74) is 8.50. The monoisotopic (exact) mass is 388 g/mol. The summed E-state index contributed by atoms with van der Waals surface area (Å²) in [7, 11) is 0. The van der Waals surface area contributed by atoms with Crippen molar-refractivity contribution in [3.63, 3.8) is 0 Å². The van der Waals surface area contributed by atoms with Crippen LogP contribution >= 0.6 is 0 Å². The van der Waals surface area contributed by atoms with E-state index in [4.69, 9.17) is 5.73 Å². The summed E-state index contributed by atoms with van der Waals surface area (Å²) in [4.78, 5) is 11.4. The zero-order chi connectivity index (χ0) is 20.7. The van der Waals surface area contributed by atoms with Crippen molar-refractivity contribution in [1.82, 2.24) is 29.2 Å². The molecule has 4 aromatic rings. The molecule has 4 aromatic heterocycles. The number of hydrogen-bond donors (Lipinski definition) is 1. The Morgan fingerprint density at radius 1 is 1.14 bits per heavy atom. The predicted octanol–water partition coefficient (Wildman–Crippen LogP) is 2.21. The summed E-state index contributed by atoms with van der Waals surface area (Å²) in [5.74, 6) is 1.23. The van der Waals surface area contributed by atoms with Crippen molar-refractivity contribution in [2.24, 2.45) is 5.73 Å². The van der Waals surface area contributed by atoms with Gasteiger partial charge in [0.25, 0.3) is 0 Å². The molecule has 9 nitrogen and oxygen atoms in total. The highest BCUT2D eigenvalue weighted by atomic mass is 16.1. The zero-order valence-corrected chi connectivity index (χ0v) is 16.4. The summed E-state index contributed by atoms with van der Waals surface area (Å²) in [5, 5.41) is 26.6. The number of amides is 1. The van der Waals surface area contributed by atoms with E-state index in [1.165, 1.54) is 0 Å². The molecule has 0 radical (unpaired) electrons. The standard InChI is InChI=1S/C20H20N8O/c1-11(2)18-24-26-20-15(7-13(9-21)10-28(18)20)6-12(3)19-25-23-16-8-14(17(22)29)4-5-27(16)19/h4-5,7-8,10-12H,6H2,1-3H3,(H2,22,29). The normalized spacial score (nSPS) is 12.5. The second-order valence-corrected chi connectivity index (χ2v) is 7.44. The molecule has 0 spiro atoms. The number of pyridine rings is 2. The van der Waals surface area contributed by atoms with E-state index in [1.54, 1.807) is 24.5 Å². The van der Waals surface area contributed by atoms with Gasteiger partial charge in [0, 0.05) is 29.8 Å². The number of nitriles is 1. The molecule has 9 heteroatoms. The Labute approximate surface area is 166 Å². The molecule has 0 aliphatic heterocycles. The van der Waals surface area contributed by atoms with Gasteiger partial charge < -0.3 is 5.73 Å². The van der Waals surface area contributed by atoms with Crippen LogP contribution in [0.2, 0.25) is 0 Å². The Morgan fingerprint density at radius 3 is 2.59 bits per heavy atom. The van der Waals surface area contributed by atoms with Gasteiger partial charge in [-0.1, -0.05) is 20.8 Å². The highest BCUT2D eigenvalue weighted by Crippen LogP contribution is 2.25. The van der Waals surface area contributed by atoms with Crippen molar-refractivity contribution >= 4 is 17.2 Å². The molecule has 4 rings (SSSR count). The van der Waals surface area contributed by atoms with Crippen LogP contribution in [0.15, 0.2) is 30.6 Å². The van der Waals surface area contributed by atoms with Gasteiger partial charge in [-0.2, -0.15) is 5.26 Å². The molecule has 0 fully saturated rings. The molecule has 0 aliphatic rings. The van der Waals surface area contributed by atoms with Crippen molar-refractivity contribution in [3.05, 3.63) is 58.9 Å². The summed E-state index contributed by atoms with van der Waals surface area (Å²) >= 11 is 0. The van der Waals surface area contributed by atoms with Gasteiger partial charge in [0.2, 0.25) is 5.91 Å². The molecule has 1 unspecified atom stereocenters. The first-order chi connectivity index (χ1) is 13.9. The van der Waals surface area contributed by atoms with Crippen molar-refractivity contribution in [2.45, 2.75) is 39.0 Å². The Balaban J connectivity index is 1.74. The molecule has 1 atom stereocenters. The number of carbonyl (C=O) groups excluding carboxylic acids is 1. The Hall–Kier alpha value is -3.80. The minimum Gasteiger partial charge on any atom is -0.366 e. The molecular formula is C20H20N8O. The van der Waals surface area contributed by atoms with Gasteiger partial charge in [0.15, 0.2) is 11.3 Å². The zero-order valence-electron chi connectivity index (χ0n) is 16.4. The Morgan fingerprint density at radius 2 is 1.90 bits per heavy atom. The molecule has 0 aliphatic carbocycles. The average molecular weight is 388 g/mol. The number of aromatic nitrogens is 6. The fourth-order valence-electron chi connectivity index (χ4n) is 3.50. The summed E-state index contributed by atoms with van der Waals surface area (Å²) in [6.45, 7) is 6.12. The number of hydrogen-bond acceptors (Lipinski definition) is 6. The number of rotatable bonds is 5. The number of fused-ring (bicyclic) bond motifs is 2. The fraction of sp³-hybridized carbons (Fsp3) is 0.300. The van der Waals surface area contributed by atoms with E-state index in [1.807, 2.05) is 35.6 Å². The molecular weight excluding hydrogens is 368 g/mol. The van der Waals surface area contributed by atoms with E-state index in [2.05, 4.69) is 26.5 Å². The smallest absolute Gasteiger partial charge is 0.248 e. The molecule has 0 bridgehead atoms. The van der Waals surface area contributed by atoms with E-state index < -0.39 is 5.91 Å². The van der Waals surface area contributed by atoms with Crippen molar-refractivity contribution in [3.8, 4) is 6.07 Å². The number of primary amides is 1. The molecule has 29 heavy (non-hydrogen) atoms. The van der Waals surface area contributed by atoms with Crippen LogP contribution in [0, 0.1) is 11.3 Å². The lowest BCUT2D eigenvalue weighted by Crippen LogP contribution is -2.11. The maximum Gasteiger partial charge on any atom is 0.248 e. The van der Waals surface area contributed by atoms with Crippen molar-refractivity contribution in [1.29, 1.82) is 5.26 Å². The first kappa shape index (κ1) is 18.6. The number of nitrogens with two attached hydrogens (primary N) is 1. The van der Waals surface area contributed by atoms with Gasteiger partial charge in [-0.15, -0.1) is 20.4 Å². The quantitative estimate of drug-likeness (QED) is 0.558. The third-order valence-electron chi connectivity index (χ3n) is 4.94. The number of nitrogens with zero attached hydrogens (tertiary/aromatic N) is 7. The molecule has 146 valence electrons. The molecule has 2 N–H and O–H groups in total. The molecule has 0 saturated carbocycles. The van der Waals surface area contributed by atoms with Crippen LogP contribution in [0.5, 0.6) is 0 Å². The first-order valence-corrected chi connectivity index (χ1v) is 9.31. The minimum atomic E-state index is -0.506.